The van der Waals surface area contributed by atoms with Gasteiger partial charge in [0.15, 0.2) is 0 Å². The van der Waals surface area contributed by atoms with Crippen molar-refractivity contribution in [2.24, 2.45) is 5.41 Å². The van der Waals surface area contributed by atoms with Gasteiger partial charge in [-0.25, -0.2) is 0 Å². The van der Waals surface area contributed by atoms with Crippen LogP contribution in [0.15, 0.2) is 0 Å². The van der Waals surface area contributed by atoms with Gasteiger partial charge in [-0.05, 0) is 50.2 Å². The minimum Gasteiger partial charge on any atom is -0.313 e. The van der Waals surface area contributed by atoms with E-state index >= 15 is 0 Å². The first kappa shape index (κ1) is 11.8. The molecule has 1 heterocycles. The van der Waals surface area contributed by atoms with E-state index in [1.54, 1.807) is 0 Å². The van der Waals surface area contributed by atoms with Gasteiger partial charge < -0.3 is 5.32 Å². The van der Waals surface area contributed by atoms with Crippen molar-refractivity contribution < 1.29 is 0 Å². The second-order valence-electron chi connectivity index (χ2n) is 6.39. The third-order valence-electron chi connectivity index (χ3n) is 4.03. The summed E-state index contributed by atoms with van der Waals surface area (Å²) in [5.41, 5.74) is 0.585. The number of hydrogen-bond acceptors (Lipinski definition) is 2. The van der Waals surface area contributed by atoms with Gasteiger partial charge in [-0.2, -0.15) is 11.8 Å². The van der Waals surface area contributed by atoms with Crippen LogP contribution in [-0.2, 0) is 0 Å². The first-order valence-electron chi connectivity index (χ1n) is 6.37. The molecule has 2 heteroatoms. The van der Waals surface area contributed by atoms with E-state index in [0.29, 0.717) is 10.2 Å². The lowest BCUT2D eigenvalue weighted by molar-refractivity contribution is 0.360. The Morgan fingerprint density at radius 2 is 2.07 bits per heavy atom. The molecule has 1 saturated carbocycles. The Hall–Kier alpha value is 0.310. The molecule has 0 spiro atoms. The van der Waals surface area contributed by atoms with Crippen molar-refractivity contribution in [1.29, 1.82) is 0 Å². The minimum absolute atomic E-state index is 0.534. The quantitative estimate of drug-likeness (QED) is 0.792. The average molecular weight is 227 g/mol. The van der Waals surface area contributed by atoms with Crippen LogP contribution in [0.1, 0.15) is 52.9 Å². The van der Waals surface area contributed by atoms with E-state index < -0.39 is 0 Å². The number of nitrogens with one attached hydrogen (secondary N) is 1. The zero-order valence-corrected chi connectivity index (χ0v) is 11.3. The second-order valence-corrected chi connectivity index (χ2v) is 8.07. The van der Waals surface area contributed by atoms with Crippen LogP contribution in [0.25, 0.3) is 0 Å². The first-order valence-corrected chi connectivity index (χ1v) is 7.35. The molecule has 1 aliphatic carbocycles. The highest BCUT2D eigenvalue weighted by Crippen LogP contribution is 2.39. The van der Waals surface area contributed by atoms with Crippen LogP contribution in [-0.4, -0.2) is 23.1 Å². The Kier molecular flexibility index (Phi) is 3.37. The summed E-state index contributed by atoms with van der Waals surface area (Å²) >= 11 is 2.17. The molecule has 88 valence electrons. The van der Waals surface area contributed by atoms with Crippen LogP contribution in [0, 0.1) is 5.41 Å². The molecule has 0 aromatic carbocycles. The lowest BCUT2D eigenvalue weighted by Crippen LogP contribution is -2.38. The molecule has 0 bridgehead atoms. The number of thioether (sulfide) groups is 1. The second kappa shape index (κ2) is 4.29. The average Bonchev–Trinajstić information content (AvgIpc) is 2.70. The van der Waals surface area contributed by atoms with Gasteiger partial charge in [0.25, 0.3) is 0 Å². The van der Waals surface area contributed by atoms with Gasteiger partial charge in [-0.3, -0.25) is 0 Å². The zero-order valence-electron chi connectivity index (χ0n) is 10.4. The highest BCUT2D eigenvalue weighted by molar-refractivity contribution is 8.00. The van der Waals surface area contributed by atoms with Crippen molar-refractivity contribution in [2.45, 2.75) is 63.7 Å². The highest BCUT2D eigenvalue weighted by Gasteiger charge is 2.34. The van der Waals surface area contributed by atoms with Gasteiger partial charge in [-0.15, -0.1) is 0 Å². The van der Waals surface area contributed by atoms with Gasteiger partial charge in [-0.1, -0.05) is 13.8 Å². The molecule has 1 N–H and O–H groups in total. The molecule has 15 heavy (non-hydrogen) atoms. The topological polar surface area (TPSA) is 12.0 Å². The van der Waals surface area contributed by atoms with Crippen LogP contribution in [0.3, 0.4) is 0 Å². The van der Waals surface area contributed by atoms with E-state index in [9.17, 15) is 0 Å². The fourth-order valence-corrected chi connectivity index (χ4v) is 4.20. The Morgan fingerprint density at radius 1 is 1.27 bits per heavy atom. The van der Waals surface area contributed by atoms with Gasteiger partial charge in [0.2, 0.25) is 0 Å². The van der Waals surface area contributed by atoms with Gasteiger partial charge in [0.05, 0.1) is 0 Å². The summed E-state index contributed by atoms with van der Waals surface area (Å²) in [4.78, 5) is 0. The summed E-state index contributed by atoms with van der Waals surface area (Å²) in [6.07, 6.45) is 6.97. The third-order valence-corrected chi connectivity index (χ3v) is 5.57. The van der Waals surface area contributed by atoms with Crippen molar-refractivity contribution >= 4 is 11.8 Å². The van der Waals surface area contributed by atoms with Crippen LogP contribution in [0.5, 0.6) is 0 Å². The molecular formula is C13H25NS. The third kappa shape index (κ3) is 3.13. The monoisotopic (exact) mass is 227 g/mol. The minimum atomic E-state index is 0.534. The summed E-state index contributed by atoms with van der Waals surface area (Å²) in [5, 5.41) is 3.80. The largest absolute Gasteiger partial charge is 0.313 e. The molecular weight excluding hydrogens is 202 g/mol. The predicted molar refractivity (Wildman–Crippen MR) is 69.5 cm³/mol. The van der Waals surface area contributed by atoms with E-state index in [1.807, 2.05) is 0 Å². The van der Waals surface area contributed by atoms with Crippen molar-refractivity contribution in [2.75, 3.05) is 12.3 Å². The van der Waals surface area contributed by atoms with Crippen molar-refractivity contribution in [3.63, 3.8) is 0 Å². The van der Waals surface area contributed by atoms with Crippen LogP contribution in [0.4, 0.5) is 0 Å². The van der Waals surface area contributed by atoms with E-state index in [1.165, 1.54) is 44.4 Å². The fraction of sp³-hybridized carbons (Fsp3) is 1.00. The predicted octanol–water partition coefficient (Wildman–Crippen LogP) is 3.44. The van der Waals surface area contributed by atoms with Crippen molar-refractivity contribution in [1.82, 2.24) is 5.32 Å². The Morgan fingerprint density at radius 3 is 2.60 bits per heavy atom. The van der Waals surface area contributed by atoms with Crippen LogP contribution in [0.2, 0.25) is 0 Å². The van der Waals surface area contributed by atoms with Crippen LogP contribution < -0.4 is 5.32 Å². The molecule has 2 atom stereocenters. The summed E-state index contributed by atoms with van der Waals surface area (Å²) in [7, 11) is 0. The highest BCUT2D eigenvalue weighted by atomic mass is 32.2. The van der Waals surface area contributed by atoms with Gasteiger partial charge in [0, 0.05) is 17.3 Å². The SMILES string of the molecule is CC1(C)CCC(NCC2(C)CCCS2)C1. The van der Waals surface area contributed by atoms with Crippen LogP contribution >= 0.6 is 11.8 Å². The number of rotatable bonds is 3. The summed E-state index contributed by atoms with van der Waals surface area (Å²) in [6.45, 7) is 8.46. The van der Waals surface area contributed by atoms with Crippen molar-refractivity contribution in [3.05, 3.63) is 0 Å². The molecule has 0 radical (unpaired) electrons. The molecule has 1 nitrogen and oxygen atoms in total. The molecule has 2 unspecified atom stereocenters. The summed E-state index contributed by atoms with van der Waals surface area (Å²) in [5.74, 6) is 1.37. The fourth-order valence-electron chi connectivity index (χ4n) is 2.95. The molecule has 0 aromatic heterocycles. The first-order chi connectivity index (χ1) is 6.99. The van der Waals surface area contributed by atoms with E-state index in [-0.39, 0.29) is 0 Å². The molecule has 0 aromatic rings. The van der Waals surface area contributed by atoms with E-state index in [0.717, 1.165) is 6.04 Å². The molecule has 2 aliphatic rings. The summed E-state index contributed by atoms with van der Waals surface area (Å²) in [6, 6.07) is 0.790. The Labute approximate surface area is 98.8 Å². The lowest BCUT2D eigenvalue weighted by Gasteiger charge is -2.26. The maximum Gasteiger partial charge on any atom is 0.0256 e. The van der Waals surface area contributed by atoms with Crippen molar-refractivity contribution in [3.8, 4) is 0 Å². The Balaban J connectivity index is 1.74. The smallest absolute Gasteiger partial charge is 0.0256 e. The van der Waals surface area contributed by atoms with E-state index in [4.69, 9.17) is 0 Å². The maximum atomic E-state index is 3.80. The summed E-state index contributed by atoms with van der Waals surface area (Å²) < 4.78 is 0.534. The molecule has 0 amide bonds. The molecule has 2 rings (SSSR count). The molecule has 1 saturated heterocycles. The van der Waals surface area contributed by atoms with Gasteiger partial charge >= 0.3 is 0 Å². The zero-order chi connectivity index (χ0) is 10.9. The maximum absolute atomic E-state index is 3.80. The standard InChI is InChI=1S/C13H25NS/c1-12(2)7-5-11(9-12)14-10-13(3)6-4-8-15-13/h11,14H,4-10H2,1-3H3. The Bertz CT molecular complexity index is 219. The normalized spacial score (nSPS) is 39.8. The molecule has 2 fully saturated rings. The molecule has 1 aliphatic heterocycles. The van der Waals surface area contributed by atoms with E-state index in [2.05, 4.69) is 37.8 Å². The van der Waals surface area contributed by atoms with Gasteiger partial charge in [0.1, 0.15) is 0 Å². The number of hydrogen-bond donors (Lipinski definition) is 1. The lowest BCUT2D eigenvalue weighted by atomic mass is 9.92.